The molecule has 170 valence electrons. The number of sulfone groups is 1. The van der Waals surface area contributed by atoms with Gasteiger partial charge in [-0.3, -0.25) is 4.79 Å². The molecule has 1 saturated heterocycles. The molecule has 0 unspecified atom stereocenters. The number of halogens is 1. The largest absolute Gasteiger partial charge is 0.371 e. The van der Waals surface area contributed by atoms with Crippen LogP contribution in [0, 0.1) is 12.7 Å². The molecule has 1 fully saturated rings. The van der Waals surface area contributed by atoms with Crippen LogP contribution < -0.4 is 10.2 Å². The van der Waals surface area contributed by atoms with Gasteiger partial charge in [0, 0.05) is 41.4 Å². The van der Waals surface area contributed by atoms with Crippen molar-refractivity contribution >= 4 is 32.3 Å². The van der Waals surface area contributed by atoms with E-state index in [-0.39, 0.29) is 29.9 Å². The van der Waals surface area contributed by atoms with Crippen LogP contribution >= 0.6 is 0 Å². The number of amides is 1. The number of nitrogens with one attached hydrogen (secondary N) is 2. The molecule has 4 rings (SSSR count). The standard InChI is InChI=1S/C24H28FN3O3S/c1-3-32(30,31)20-7-5-19(6-8-20)28-12-10-18(11-13-28)27-24(29)15-21-16(2)26-23-9-4-17(25)14-22(21)23/h4-9,14,18,26H,3,10-13,15H2,1-2H3,(H,27,29). The summed E-state index contributed by atoms with van der Waals surface area (Å²) in [5.74, 6) is -0.290. The van der Waals surface area contributed by atoms with Crippen LogP contribution in [-0.2, 0) is 21.1 Å². The number of benzene rings is 2. The smallest absolute Gasteiger partial charge is 0.224 e. The third-order valence-electron chi connectivity index (χ3n) is 6.22. The number of aromatic amines is 1. The second-order valence-corrected chi connectivity index (χ2v) is 10.6. The fraction of sp³-hybridized carbons (Fsp3) is 0.375. The number of H-pyrrole nitrogens is 1. The zero-order chi connectivity index (χ0) is 22.9. The van der Waals surface area contributed by atoms with Crippen molar-refractivity contribution in [2.24, 2.45) is 0 Å². The summed E-state index contributed by atoms with van der Waals surface area (Å²) >= 11 is 0. The SMILES string of the molecule is CCS(=O)(=O)c1ccc(N2CCC(NC(=O)Cc3c(C)[nH]c4ccc(F)cc34)CC2)cc1. The van der Waals surface area contributed by atoms with Gasteiger partial charge in [-0.1, -0.05) is 6.92 Å². The van der Waals surface area contributed by atoms with E-state index in [1.807, 2.05) is 19.1 Å². The number of anilines is 1. The Bertz CT molecular complexity index is 1230. The highest BCUT2D eigenvalue weighted by Gasteiger charge is 2.22. The zero-order valence-corrected chi connectivity index (χ0v) is 19.1. The highest BCUT2D eigenvalue weighted by atomic mass is 32.2. The van der Waals surface area contributed by atoms with Crippen LogP contribution in [0.25, 0.3) is 10.9 Å². The monoisotopic (exact) mass is 457 g/mol. The van der Waals surface area contributed by atoms with Crippen molar-refractivity contribution in [2.75, 3.05) is 23.7 Å². The first-order valence-electron chi connectivity index (χ1n) is 10.9. The number of hydrogen-bond donors (Lipinski definition) is 2. The fourth-order valence-electron chi connectivity index (χ4n) is 4.33. The lowest BCUT2D eigenvalue weighted by molar-refractivity contribution is -0.121. The van der Waals surface area contributed by atoms with Gasteiger partial charge in [-0.25, -0.2) is 12.8 Å². The molecule has 1 aliphatic rings. The molecule has 2 N–H and O–H groups in total. The number of carbonyl (C=O) groups excluding carboxylic acids is 1. The van der Waals surface area contributed by atoms with Crippen molar-refractivity contribution in [1.82, 2.24) is 10.3 Å². The Labute approximate surface area is 187 Å². The van der Waals surface area contributed by atoms with Gasteiger partial charge >= 0.3 is 0 Å². The van der Waals surface area contributed by atoms with E-state index in [2.05, 4.69) is 15.2 Å². The van der Waals surface area contributed by atoms with Crippen LogP contribution in [0.4, 0.5) is 10.1 Å². The van der Waals surface area contributed by atoms with E-state index in [0.717, 1.165) is 53.8 Å². The van der Waals surface area contributed by atoms with Gasteiger partial charge in [0.25, 0.3) is 0 Å². The molecule has 3 aromatic rings. The Hall–Kier alpha value is -2.87. The average Bonchev–Trinajstić information content (AvgIpc) is 3.08. The van der Waals surface area contributed by atoms with Crippen molar-refractivity contribution in [3.63, 3.8) is 0 Å². The quantitative estimate of drug-likeness (QED) is 0.591. The molecule has 0 saturated carbocycles. The molecule has 6 nitrogen and oxygen atoms in total. The first kappa shape index (κ1) is 22.3. The predicted molar refractivity (Wildman–Crippen MR) is 124 cm³/mol. The number of rotatable bonds is 6. The molecule has 2 heterocycles. The number of hydrogen-bond acceptors (Lipinski definition) is 4. The minimum absolute atomic E-state index is 0.0640. The Morgan fingerprint density at radius 3 is 2.50 bits per heavy atom. The number of aryl methyl sites for hydroxylation is 1. The van der Waals surface area contributed by atoms with Gasteiger partial charge in [0.05, 0.1) is 17.1 Å². The van der Waals surface area contributed by atoms with E-state index in [0.29, 0.717) is 4.90 Å². The van der Waals surface area contributed by atoms with E-state index in [1.54, 1.807) is 25.1 Å². The van der Waals surface area contributed by atoms with Crippen LogP contribution in [-0.4, -0.2) is 44.2 Å². The minimum atomic E-state index is -3.20. The second kappa shape index (κ2) is 8.94. The lowest BCUT2D eigenvalue weighted by Gasteiger charge is -2.34. The Kier molecular flexibility index (Phi) is 6.24. The molecule has 1 amide bonds. The molecular weight excluding hydrogens is 429 g/mol. The summed E-state index contributed by atoms with van der Waals surface area (Å²) in [5.41, 5.74) is 3.53. The maximum Gasteiger partial charge on any atom is 0.224 e. The van der Waals surface area contributed by atoms with Crippen LogP contribution in [0.15, 0.2) is 47.4 Å². The number of piperidine rings is 1. The van der Waals surface area contributed by atoms with Gasteiger partial charge < -0.3 is 15.2 Å². The summed E-state index contributed by atoms with van der Waals surface area (Å²) in [6, 6.07) is 11.7. The molecule has 0 spiro atoms. The molecule has 0 radical (unpaired) electrons. The molecule has 1 aliphatic heterocycles. The Balaban J connectivity index is 1.34. The predicted octanol–water partition coefficient (Wildman–Crippen LogP) is 3.74. The maximum atomic E-state index is 13.7. The summed E-state index contributed by atoms with van der Waals surface area (Å²) in [4.78, 5) is 18.4. The van der Waals surface area contributed by atoms with E-state index >= 15 is 0 Å². The molecule has 1 aromatic heterocycles. The summed E-state index contributed by atoms with van der Waals surface area (Å²) < 4.78 is 37.6. The topological polar surface area (TPSA) is 82.3 Å². The Morgan fingerprint density at radius 1 is 1.16 bits per heavy atom. The number of carbonyl (C=O) groups is 1. The molecule has 8 heteroatoms. The second-order valence-electron chi connectivity index (χ2n) is 8.32. The minimum Gasteiger partial charge on any atom is -0.371 e. The molecule has 0 bridgehead atoms. The summed E-state index contributed by atoms with van der Waals surface area (Å²) in [7, 11) is -3.20. The lowest BCUT2D eigenvalue weighted by atomic mass is 10.0. The third kappa shape index (κ3) is 4.65. The van der Waals surface area contributed by atoms with Gasteiger partial charge in [0.1, 0.15) is 5.82 Å². The van der Waals surface area contributed by atoms with Crippen molar-refractivity contribution in [2.45, 2.75) is 44.0 Å². The van der Waals surface area contributed by atoms with Gasteiger partial charge in [-0.05, 0) is 67.8 Å². The van der Waals surface area contributed by atoms with E-state index < -0.39 is 9.84 Å². The summed E-state index contributed by atoms with van der Waals surface area (Å²) in [6.07, 6.45) is 1.83. The average molecular weight is 458 g/mol. The van der Waals surface area contributed by atoms with Crippen LogP contribution in [0.3, 0.4) is 0 Å². The highest BCUT2D eigenvalue weighted by molar-refractivity contribution is 7.91. The number of fused-ring (bicyclic) bond motifs is 1. The number of aromatic nitrogens is 1. The summed E-state index contributed by atoms with van der Waals surface area (Å²) in [6.45, 7) is 5.10. The van der Waals surface area contributed by atoms with Gasteiger partial charge in [0.15, 0.2) is 9.84 Å². The van der Waals surface area contributed by atoms with Crippen molar-refractivity contribution in [3.05, 3.63) is 59.5 Å². The van der Waals surface area contributed by atoms with E-state index in [4.69, 9.17) is 0 Å². The van der Waals surface area contributed by atoms with E-state index in [9.17, 15) is 17.6 Å². The first-order valence-corrected chi connectivity index (χ1v) is 12.6. The van der Waals surface area contributed by atoms with Crippen LogP contribution in [0.1, 0.15) is 31.0 Å². The molecule has 0 atom stereocenters. The van der Waals surface area contributed by atoms with Crippen LogP contribution in [0.2, 0.25) is 0 Å². The molecule has 32 heavy (non-hydrogen) atoms. The Morgan fingerprint density at radius 2 is 1.84 bits per heavy atom. The lowest BCUT2D eigenvalue weighted by Crippen LogP contribution is -2.45. The van der Waals surface area contributed by atoms with Crippen molar-refractivity contribution in [3.8, 4) is 0 Å². The molecule has 2 aromatic carbocycles. The van der Waals surface area contributed by atoms with Crippen molar-refractivity contribution < 1.29 is 17.6 Å². The first-order chi connectivity index (χ1) is 15.3. The third-order valence-corrected chi connectivity index (χ3v) is 7.97. The zero-order valence-electron chi connectivity index (χ0n) is 18.3. The fourth-order valence-corrected chi connectivity index (χ4v) is 5.22. The van der Waals surface area contributed by atoms with E-state index in [1.165, 1.54) is 12.1 Å². The highest BCUT2D eigenvalue weighted by Crippen LogP contribution is 2.25. The summed E-state index contributed by atoms with van der Waals surface area (Å²) in [5, 5.41) is 3.87. The molecular formula is C24H28FN3O3S. The van der Waals surface area contributed by atoms with Gasteiger partial charge in [-0.2, -0.15) is 0 Å². The van der Waals surface area contributed by atoms with Crippen LogP contribution in [0.5, 0.6) is 0 Å². The van der Waals surface area contributed by atoms with Gasteiger partial charge in [0.2, 0.25) is 5.91 Å². The van der Waals surface area contributed by atoms with Crippen molar-refractivity contribution in [1.29, 1.82) is 0 Å². The molecule has 0 aliphatic carbocycles. The number of nitrogens with zero attached hydrogens (tertiary/aromatic N) is 1. The normalized spacial score (nSPS) is 15.3. The maximum absolute atomic E-state index is 13.7. The van der Waals surface area contributed by atoms with Gasteiger partial charge in [-0.15, -0.1) is 0 Å².